The molecule has 4 N–H and O–H groups in total. The molecule has 0 spiro atoms. The van der Waals surface area contributed by atoms with Crippen molar-refractivity contribution in [3.8, 4) is 0 Å². The third kappa shape index (κ3) is 4.82. The number of nitrogens with two attached hydrogens (primary N) is 1. The number of H-pyrrole nitrogens is 1. The minimum Gasteiger partial charge on any atom is -0.350 e. The van der Waals surface area contributed by atoms with Gasteiger partial charge in [0.25, 0.3) is 11.1 Å². The van der Waals surface area contributed by atoms with Gasteiger partial charge in [-0.05, 0) is 73.8 Å². The Morgan fingerprint density at radius 1 is 1.09 bits per heavy atom. The quantitative estimate of drug-likeness (QED) is 0.472. The Labute approximate surface area is 197 Å². The van der Waals surface area contributed by atoms with E-state index in [1.54, 1.807) is 13.8 Å². The molecule has 0 bridgehead atoms. The molecule has 8 heteroatoms. The normalized spacial score (nSPS) is 15.4. The number of aromatic nitrogens is 1. The Kier molecular flexibility index (Phi) is 6.58. The molecule has 2 aromatic carbocycles. The number of benzene rings is 2. The number of hydrogen-bond donors (Lipinski definition) is 3. The molecule has 1 aliphatic heterocycles. The first-order valence-corrected chi connectivity index (χ1v) is 11.8. The molecular weight excluding hydrogens is 436 g/mol. The molecule has 0 atom stereocenters. The van der Waals surface area contributed by atoms with Gasteiger partial charge in [0, 0.05) is 24.0 Å². The first-order chi connectivity index (χ1) is 15.8. The highest BCUT2D eigenvalue weighted by atomic mass is 32.2. The second-order valence-electron chi connectivity index (χ2n) is 8.65. The van der Waals surface area contributed by atoms with E-state index >= 15 is 0 Å². The molecule has 4 rings (SSSR count). The molecule has 7 nitrogen and oxygen atoms in total. The van der Waals surface area contributed by atoms with Crippen molar-refractivity contribution in [2.75, 3.05) is 13.1 Å². The molecule has 33 heavy (non-hydrogen) atoms. The second kappa shape index (κ2) is 9.41. The number of aromatic amines is 1. The predicted octanol–water partition coefficient (Wildman–Crippen LogP) is 3.62. The van der Waals surface area contributed by atoms with Crippen LogP contribution in [-0.4, -0.2) is 44.8 Å². The van der Waals surface area contributed by atoms with E-state index in [0.29, 0.717) is 38.2 Å². The number of nitrogens with zero attached hydrogens (tertiary/aromatic N) is 1. The van der Waals surface area contributed by atoms with Crippen molar-refractivity contribution in [3.05, 3.63) is 70.9 Å². The van der Waals surface area contributed by atoms with Gasteiger partial charge in [-0.15, -0.1) is 0 Å². The maximum atomic E-state index is 12.9. The number of rotatable bonds is 8. The Morgan fingerprint density at radius 3 is 2.52 bits per heavy atom. The van der Waals surface area contributed by atoms with Gasteiger partial charge in [-0.3, -0.25) is 19.3 Å². The van der Waals surface area contributed by atoms with Gasteiger partial charge in [0.05, 0.1) is 4.75 Å². The van der Waals surface area contributed by atoms with E-state index < -0.39 is 4.75 Å². The molecule has 3 amide bonds. The van der Waals surface area contributed by atoms with Crippen molar-refractivity contribution >= 4 is 39.7 Å². The smallest absolute Gasteiger partial charge is 0.289 e. The summed E-state index contributed by atoms with van der Waals surface area (Å²) in [5.74, 6) is -0.325. The van der Waals surface area contributed by atoms with E-state index in [0.717, 1.165) is 39.4 Å². The average molecular weight is 465 g/mol. The molecule has 0 aliphatic carbocycles. The molecule has 0 radical (unpaired) electrons. The highest BCUT2D eigenvalue weighted by Crippen LogP contribution is 2.36. The van der Waals surface area contributed by atoms with E-state index in [-0.39, 0.29) is 17.1 Å². The predicted molar refractivity (Wildman–Crippen MR) is 131 cm³/mol. The standard InChI is InChI=1S/C25H28N4O3S/c1-25(2)23(31)29(24(32)33-25)13-11-16-8-9-20-19(14-16)18(10-12-26)21(28-20)22(30)27-15-17-6-4-3-5-7-17/h3-9,14,28H,10-13,15,26H2,1-2H3,(H,27,30). The zero-order valence-electron chi connectivity index (χ0n) is 18.8. The van der Waals surface area contributed by atoms with E-state index in [1.165, 1.54) is 4.90 Å². The Bertz CT molecular complexity index is 1200. The van der Waals surface area contributed by atoms with Gasteiger partial charge in [0.1, 0.15) is 5.69 Å². The zero-order chi connectivity index (χ0) is 23.6. The summed E-state index contributed by atoms with van der Waals surface area (Å²) in [5.41, 5.74) is 10.1. The van der Waals surface area contributed by atoms with Crippen LogP contribution in [-0.2, 0) is 24.2 Å². The summed E-state index contributed by atoms with van der Waals surface area (Å²) in [6.07, 6.45) is 1.11. The summed E-state index contributed by atoms with van der Waals surface area (Å²) in [6.45, 7) is 4.73. The lowest BCUT2D eigenvalue weighted by atomic mass is 10.0. The molecule has 3 aromatic rings. The SMILES string of the molecule is CC1(C)SC(=O)N(CCc2ccc3[nH]c(C(=O)NCc4ccccc4)c(CCN)c3c2)C1=O. The van der Waals surface area contributed by atoms with Gasteiger partial charge in [-0.25, -0.2) is 0 Å². The number of thioether (sulfide) groups is 1. The van der Waals surface area contributed by atoms with Crippen LogP contribution in [0.1, 0.15) is 41.0 Å². The average Bonchev–Trinajstić information content (AvgIpc) is 3.25. The van der Waals surface area contributed by atoms with Crippen LogP contribution < -0.4 is 11.1 Å². The van der Waals surface area contributed by atoms with Gasteiger partial charge >= 0.3 is 0 Å². The summed E-state index contributed by atoms with van der Waals surface area (Å²) < 4.78 is -0.710. The van der Waals surface area contributed by atoms with Crippen molar-refractivity contribution < 1.29 is 14.4 Å². The van der Waals surface area contributed by atoms with Crippen LogP contribution in [0.2, 0.25) is 0 Å². The van der Waals surface area contributed by atoms with Crippen LogP contribution in [0.25, 0.3) is 10.9 Å². The summed E-state index contributed by atoms with van der Waals surface area (Å²) >= 11 is 1.07. The van der Waals surface area contributed by atoms with Crippen molar-refractivity contribution in [3.63, 3.8) is 0 Å². The van der Waals surface area contributed by atoms with Gasteiger partial charge in [0.2, 0.25) is 5.91 Å². The van der Waals surface area contributed by atoms with Crippen LogP contribution >= 0.6 is 11.8 Å². The maximum absolute atomic E-state index is 12.9. The zero-order valence-corrected chi connectivity index (χ0v) is 19.6. The largest absolute Gasteiger partial charge is 0.350 e. The van der Waals surface area contributed by atoms with Gasteiger partial charge in [-0.2, -0.15) is 0 Å². The number of carbonyl (C=O) groups excluding carboxylic acids is 3. The number of fused-ring (bicyclic) bond motifs is 1. The molecule has 2 heterocycles. The fraction of sp³-hybridized carbons (Fsp3) is 0.320. The topological polar surface area (TPSA) is 108 Å². The molecule has 1 saturated heterocycles. The summed E-state index contributed by atoms with van der Waals surface area (Å²) in [4.78, 5) is 42.2. The Morgan fingerprint density at radius 2 is 1.85 bits per heavy atom. The Balaban J connectivity index is 1.53. The number of carbonyl (C=O) groups is 3. The minimum absolute atomic E-state index is 0.151. The number of amides is 3. The third-order valence-corrected chi connectivity index (χ3v) is 6.91. The van der Waals surface area contributed by atoms with Gasteiger partial charge in [-0.1, -0.05) is 36.4 Å². The van der Waals surface area contributed by atoms with Crippen LogP contribution in [0.5, 0.6) is 0 Å². The number of nitrogens with one attached hydrogen (secondary N) is 2. The second-order valence-corrected chi connectivity index (χ2v) is 10.2. The highest BCUT2D eigenvalue weighted by molar-refractivity contribution is 8.16. The molecule has 1 aromatic heterocycles. The minimum atomic E-state index is -0.710. The molecule has 0 saturated carbocycles. The first kappa shape index (κ1) is 23.1. The molecular formula is C25H28N4O3S. The van der Waals surface area contributed by atoms with Crippen LogP contribution in [0.4, 0.5) is 4.79 Å². The van der Waals surface area contributed by atoms with Crippen LogP contribution in [0.3, 0.4) is 0 Å². The summed E-state index contributed by atoms with van der Waals surface area (Å²) in [7, 11) is 0. The first-order valence-electron chi connectivity index (χ1n) is 11.0. The number of hydrogen-bond acceptors (Lipinski definition) is 5. The molecule has 0 unspecified atom stereocenters. The Hall–Kier alpha value is -3.10. The van der Waals surface area contributed by atoms with Gasteiger partial charge in [0.15, 0.2) is 0 Å². The summed E-state index contributed by atoms with van der Waals surface area (Å²) in [6, 6.07) is 15.7. The highest BCUT2D eigenvalue weighted by Gasteiger charge is 2.45. The lowest BCUT2D eigenvalue weighted by molar-refractivity contribution is -0.128. The third-order valence-electron chi connectivity index (χ3n) is 5.83. The fourth-order valence-electron chi connectivity index (χ4n) is 4.07. The van der Waals surface area contributed by atoms with E-state index in [4.69, 9.17) is 5.73 Å². The van der Waals surface area contributed by atoms with Crippen molar-refractivity contribution in [1.82, 2.24) is 15.2 Å². The van der Waals surface area contributed by atoms with Crippen molar-refractivity contribution in [1.29, 1.82) is 0 Å². The van der Waals surface area contributed by atoms with Crippen molar-refractivity contribution in [2.24, 2.45) is 5.73 Å². The van der Waals surface area contributed by atoms with E-state index in [2.05, 4.69) is 10.3 Å². The fourth-order valence-corrected chi connectivity index (χ4v) is 4.99. The van der Waals surface area contributed by atoms with Gasteiger partial charge < -0.3 is 16.0 Å². The lowest BCUT2D eigenvalue weighted by Gasteiger charge is -2.16. The number of imide groups is 1. The van der Waals surface area contributed by atoms with E-state index in [9.17, 15) is 14.4 Å². The summed E-state index contributed by atoms with van der Waals surface area (Å²) in [5, 5.41) is 3.72. The van der Waals surface area contributed by atoms with Crippen LogP contribution in [0, 0.1) is 0 Å². The van der Waals surface area contributed by atoms with Crippen LogP contribution in [0.15, 0.2) is 48.5 Å². The molecule has 1 fully saturated rings. The lowest BCUT2D eigenvalue weighted by Crippen LogP contribution is -2.36. The van der Waals surface area contributed by atoms with E-state index in [1.807, 2.05) is 48.5 Å². The molecule has 172 valence electrons. The molecule has 1 aliphatic rings. The monoisotopic (exact) mass is 464 g/mol. The van der Waals surface area contributed by atoms with Crippen molar-refractivity contribution in [2.45, 2.75) is 38.0 Å². The maximum Gasteiger partial charge on any atom is 0.289 e.